The highest BCUT2D eigenvalue weighted by Gasteiger charge is 2.31. The van der Waals surface area contributed by atoms with E-state index in [2.05, 4.69) is 16.9 Å². The number of fused-ring (bicyclic) bond motifs is 3. The normalized spacial score (nSPS) is 20.0. The molecule has 1 unspecified atom stereocenters. The number of aromatic amines is 1. The maximum atomic E-state index is 12.6. The van der Waals surface area contributed by atoms with Crippen LogP contribution in [0.5, 0.6) is 0 Å². The van der Waals surface area contributed by atoms with E-state index in [1.807, 2.05) is 0 Å². The highest BCUT2D eigenvalue weighted by atomic mass is 32.1. The van der Waals surface area contributed by atoms with Crippen LogP contribution in [0.4, 0.5) is 0 Å². The Balaban J connectivity index is 1.72. The number of aliphatic imine (C=N–C) groups is 1. The van der Waals surface area contributed by atoms with Crippen LogP contribution in [0.1, 0.15) is 51.1 Å². The summed E-state index contributed by atoms with van der Waals surface area (Å²) in [7, 11) is 0. The molecule has 2 aliphatic rings. The van der Waals surface area contributed by atoms with Crippen molar-refractivity contribution in [1.82, 2.24) is 4.98 Å². The number of aromatic nitrogens is 1. The number of hydrogen-bond donors (Lipinski definition) is 1. The second-order valence-electron chi connectivity index (χ2n) is 6.29. The third-order valence-electron chi connectivity index (χ3n) is 4.88. The summed E-state index contributed by atoms with van der Waals surface area (Å²) < 4.78 is 0. The fraction of sp³-hybridized carbons (Fsp3) is 0.389. The Morgan fingerprint density at radius 3 is 2.96 bits per heavy atom. The van der Waals surface area contributed by atoms with Crippen LogP contribution < -0.4 is 5.56 Å². The van der Waals surface area contributed by atoms with Gasteiger partial charge in [-0.25, -0.2) is 4.99 Å². The highest BCUT2D eigenvalue weighted by molar-refractivity contribution is 7.12. The van der Waals surface area contributed by atoms with Crippen molar-refractivity contribution in [2.24, 2.45) is 10.9 Å². The average Bonchev–Trinajstić information content (AvgIpc) is 2.92. The Hall–Kier alpha value is -2.01. The van der Waals surface area contributed by atoms with E-state index in [0.29, 0.717) is 17.8 Å². The second-order valence-corrected chi connectivity index (χ2v) is 7.48. The molecule has 118 valence electrons. The lowest BCUT2D eigenvalue weighted by atomic mass is 9.84. The summed E-state index contributed by atoms with van der Waals surface area (Å²) in [6.07, 6.45) is 5.09. The van der Waals surface area contributed by atoms with Gasteiger partial charge in [-0.3, -0.25) is 9.59 Å². The average molecular weight is 326 g/mol. The fourth-order valence-electron chi connectivity index (χ4n) is 3.57. The van der Waals surface area contributed by atoms with Crippen LogP contribution >= 0.6 is 11.3 Å². The number of carbonyl (C=O) groups excluding carboxylic acids is 1. The molecule has 1 amide bonds. The van der Waals surface area contributed by atoms with Gasteiger partial charge < -0.3 is 4.98 Å². The van der Waals surface area contributed by atoms with Crippen LogP contribution in [0, 0.1) is 5.92 Å². The molecule has 0 fully saturated rings. The standard InChI is InChI=1S/C18H18N2O2S/c1-2-10-6-7-11-14(8-10)23-15-9-13(20-18(22)17(11)15)12-4-3-5-16(21)19-12/h3-5,10H,2,6-9H2,1H3,(H,19,21). The Kier molecular flexibility index (Phi) is 3.53. The topological polar surface area (TPSA) is 62.3 Å². The third kappa shape index (κ3) is 2.49. The van der Waals surface area contributed by atoms with Gasteiger partial charge in [-0.1, -0.05) is 19.4 Å². The molecular weight excluding hydrogens is 308 g/mol. The fourth-order valence-corrected chi connectivity index (χ4v) is 5.04. The SMILES string of the molecule is CCC1CCc2c(sc3c2C(=O)N=C(c2cccc(=O)[nH]2)C3)C1. The van der Waals surface area contributed by atoms with Gasteiger partial charge in [0.1, 0.15) is 0 Å². The van der Waals surface area contributed by atoms with Crippen LogP contribution in [0.15, 0.2) is 28.0 Å². The molecule has 2 aromatic rings. The monoisotopic (exact) mass is 326 g/mol. The highest BCUT2D eigenvalue weighted by Crippen LogP contribution is 2.39. The van der Waals surface area contributed by atoms with Gasteiger partial charge in [0, 0.05) is 22.2 Å². The maximum absolute atomic E-state index is 12.6. The molecule has 3 heterocycles. The lowest BCUT2D eigenvalue weighted by molar-refractivity contribution is 0.0999. The molecule has 0 radical (unpaired) electrons. The Bertz CT molecular complexity index is 875. The minimum absolute atomic E-state index is 0.140. The summed E-state index contributed by atoms with van der Waals surface area (Å²) in [6, 6.07) is 4.97. The summed E-state index contributed by atoms with van der Waals surface area (Å²) in [5.74, 6) is 0.599. The molecule has 0 aromatic carbocycles. The lowest BCUT2D eigenvalue weighted by Gasteiger charge is -2.21. The van der Waals surface area contributed by atoms with Gasteiger partial charge >= 0.3 is 0 Å². The van der Waals surface area contributed by atoms with Crippen LogP contribution in [0.25, 0.3) is 0 Å². The number of H-pyrrole nitrogens is 1. The molecule has 2 aromatic heterocycles. The summed E-state index contributed by atoms with van der Waals surface area (Å²) >= 11 is 1.77. The number of nitrogens with one attached hydrogen (secondary N) is 1. The van der Waals surface area contributed by atoms with Crippen LogP contribution in [0.2, 0.25) is 0 Å². The molecule has 1 N–H and O–H groups in total. The number of nitrogens with zero attached hydrogens (tertiary/aromatic N) is 1. The number of thiophene rings is 1. The van der Waals surface area contributed by atoms with E-state index in [0.717, 1.165) is 29.2 Å². The minimum atomic E-state index is -0.167. The molecular formula is C18H18N2O2S. The molecule has 4 rings (SSSR count). The van der Waals surface area contributed by atoms with Gasteiger partial charge in [0.25, 0.3) is 5.91 Å². The molecule has 1 atom stereocenters. The van der Waals surface area contributed by atoms with Crippen LogP contribution in [-0.2, 0) is 19.3 Å². The van der Waals surface area contributed by atoms with E-state index < -0.39 is 0 Å². The summed E-state index contributed by atoms with van der Waals surface area (Å²) in [5, 5.41) is 0. The largest absolute Gasteiger partial charge is 0.321 e. The van der Waals surface area contributed by atoms with Crippen molar-refractivity contribution < 1.29 is 4.79 Å². The Morgan fingerprint density at radius 2 is 2.17 bits per heavy atom. The van der Waals surface area contributed by atoms with Crippen molar-refractivity contribution in [2.45, 2.75) is 39.0 Å². The predicted octanol–water partition coefficient (Wildman–Crippen LogP) is 3.14. The molecule has 0 saturated heterocycles. The van der Waals surface area contributed by atoms with Gasteiger partial charge in [-0.05, 0) is 36.8 Å². The number of carbonyl (C=O) groups is 1. The Morgan fingerprint density at radius 1 is 1.30 bits per heavy atom. The van der Waals surface area contributed by atoms with E-state index >= 15 is 0 Å². The number of rotatable bonds is 2. The zero-order valence-corrected chi connectivity index (χ0v) is 13.8. The van der Waals surface area contributed by atoms with E-state index in [1.165, 1.54) is 29.3 Å². The lowest BCUT2D eigenvalue weighted by Crippen LogP contribution is -2.21. The van der Waals surface area contributed by atoms with Crippen molar-refractivity contribution >= 4 is 23.0 Å². The third-order valence-corrected chi connectivity index (χ3v) is 6.13. The maximum Gasteiger partial charge on any atom is 0.278 e. The van der Waals surface area contributed by atoms with Crippen LogP contribution in [0.3, 0.4) is 0 Å². The summed E-state index contributed by atoms with van der Waals surface area (Å²) in [5.41, 5.74) is 3.24. The first-order chi connectivity index (χ1) is 11.2. The molecule has 0 saturated carbocycles. The molecule has 4 nitrogen and oxygen atoms in total. The molecule has 0 bridgehead atoms. The van der Waals surface area contributed by atoms with Gasteiger partial charge in [0.05, 0.1) is 17.0 Å². The zero-order chi connectivity index (χ0) is 16.0. The van der Waals surface area contributed by atoms with Gasteiger partial charge in [0.2, 0.25) is 5.56 Å². The molecule has 0 spiro atoms. The minimum Gasteiger partial charge on any atom is -0.321 e. The first-order valence-electron chi connectivity index (χ1n) is 8.10. The first-order valence-corrected chi connectivity index (χ1v) is 8.92. The van der Waals surface area contributed by atoms with Gasteiger partial charge in [0.15, 0.2) is 0 Å². The van der Waals surface area contributed by atoms with Gasteiger partial charge in [-0.15, -0.1) is 11.3 Å². The van der Waals surface area contributed by atoms with Crippen molar-refractivity contribution in [2.75, 3.05) is 0 Å². The van der Waals surface area contributed by atoms with Crippen molar-refractivity contribution in [3.63, 3.8) is 0 Å². The van der Waals surface area contributed by atoms with E-state index in [4.69, 9.17) is 0 Å². The summed E-state index contributed by atoms with van der Waals surface area (Å²) in [6.45, 7) is 2.24. The quantitative estimate of drug-likeness (QED) is 0.921. The molecule has 1 aliphatic carbocycles. The molecule has 5 heteroatoms. The molecule has 23 heavy (non-hydrogen) atoms. The molecule has 1 aliphatic heterocycles. The van der Waals surface area contributed by atoms with E-state index in [-0.39, 0.29) is 11.5 Å². The number of hydrogen-bond acceptors (Lipinski definition) is 3. The number of amides is 1. The predicted molar refractivity (Wildman–Crippen MR) is 91.8 cm³/mol. The van der Waals surface area contributed by atoms with Crippen molar-refractivity contribution in [3.05, 3.63) is 55.1 Å². The first kappa shape index (κ1) is 14.6. The van der Waals surface area contributed by atoms with Crippen LogP contribution in [-0.4, -0.2) is 16.6 Å². The smallest absolute Gasteiger partial charge is 0.278 e. The van der Waals surface area contributed by atoms with E-state index in [1.54, 1.807) is 23.5 Å². The second kappa shape index (κ2) is 5.57. The summed E-state index contributed by atoms with van der Waals surface area (Å²) in [4.78, 5) is 33.6. The van der Waals surface area contributed by atoms with E-state index in [9.17, 15) is 9.59 Å². The van der Waals surface area contributed by atoms with Crippen molar-refractivity contribution in [1.29, 1.82) is 0 Å². The zero-order valence-electron chi connectivity index (χ0n) is 13.0. The van der Waals surface area contributed by atoms with Gasteiger partial charge in [-0.2, -0.15) is 0 Å². The Labute approximate surface area is 138 Å². The number of pyridine rings is 1. The van der Waals surface area contributed by atoms with Crippen molar-refractivity contribution in [3.8, 4) is 0 Å².